The summed E-state index contributed by atoms with van der Waals surface area (Å²) in [5, 5.41) is 3.57. The monoisotopic (exact) mass is 342 g/mol. The van der Waals surface area contributed by atoms with Crippen LogP contribution in [0.2, 0.25) is 0 Å². The Kier molecular flexibility index (Phi) is 3.48. The highest BCUT2D eigenvalue weighted by atomic mass is 79.9. The van der Waals surface area contributed by atoms with Gasteiger partial charge in [0.25, 0.3) is 0 Å². The van der Waals surface area contributed by atoms with E-state index in [0.29, 0.717) is 0 Å². The number of nitrogens with zero attached hydrogens (tertiary/aromatic N) is 1. The molecular weight excluding hydrogens is 324 g/mol. The van der Waals surface area contributed by atoms with E-state index in [1.54, 1.807) is 0 Å². The van der Waals surface area contributed by atoms with Crippen LogP contribution in [0.5, 0.6) is 0 Å². The number of hydrogen-bond donors (Lipinski definition) is 1. The first kappa shape index (κ1) is 13.4. The van der Waals surface area contributed by atoms with Crippen LogP contribution in [0.25, 0.3) is 0 Å². The minimum Gasteiger partial charge on any atom is -0.363 e. The van der Waals surface area contributed by atoms with E-state index in [1.807, 2.05) is 0 Å². The van der Waals surface area contributed by atoms with Crippen LogP contribution in [0.4, 0.5) is 5.69 Å². The first-order valence-electron chi connectivity index (χ1n) is 7.63. The molecule has 0 radical (unpaired) electrons. The molecule has 1 heterocycles. The van der Waals surface area contributed by atoms with Gasteiger partial charge in [0.1, 0.15) is 0 Å². The molecular formula is C18H19BrN2. The van der Waals surface area contributed by atoms with E-state index < -0.39 is 0 Å². The van der Waals surface area contributed by atoms with Crippen molar-refractivity contribution in [2.45, 2.75) is 38.5 Å². The maximum Gasteiger partial charge on any atom is 0.0436 e. The van der Waals surface area contributed by atoms with Gasteiger partial charge < -0.3 is 10.2 Å². The zero-order valence-corrected chi connectivity index (χ0v) is 13.6. The third kappa shape index (κ3) is 2.85. The standard InChI is InChI=1S/C18H19BrN2/c19-18-9-17(8-5-13(18)10-20-16-6-7-16)21-11-14-3-1-2-4-15(14)12-21/h1-5,8-9,16,20H,6-7,10-12H2. The number of nitrogens with one attached hydrogen (secondary N) is 1. The molecule has 0 spiro atoms. The summed E-state index contributed by atoms with van der Waals surface area (Å²) in [5.41, 5.74) is 5.55. The minimum absolute atomic E-state index is 0.754. The summed E-state index contributed by atoms with van der Waals surface area (Å²) in [5.74, 6) is 0. The highest BCUT2D eigenvalue weighted by Gasteiger charge is 2.21. The van der Waals surface area contributed by atoms with E-state index in [-0.39, 0.29) is 0 Å². The lowest BCUT2D eigenvalue weighted by Gasteiger charge is -2.19. The Bertz CT molecular complexity index is 639. The number of rotatable bonds is 4. The fraction of sp³-hybridized carbons (Fsp3) is 0.333. The van der Waals surface area contributed by atoms with E-state index in [4.69, 9.17) is 0 Å². The summed E-state index contributed by atoms with van der Waals surface area (Å²) < 4.78 is 1.21. The second-order valence-electron chi connectivity index (χ2n) is 6.06. The number of anilines is 1. The van der Waals surface area contributed by atoms with Gasteiger partial charge in [-0.2, -0.15) is 0 Å². The van der Waals surface area contributed by atoms with Crippen LogP contribution in [-0.2, 0) is 19.6 Å². The summed E-state index contributed by atoms with van der Waals surface area (Å²) in [7, 11) is 0. The molecule has 0 saturated heterocycles. The van der Waals surface area contributed by atoms with Crippen LogP contribution in [0.3, 0.4) is 0 Å². The fourth-order valence-corrected chi connectivity index (χ4v) is 3.44. The predicted octanol–water partition coefficient (Wildman–Crippen LogP) is 4.22. The van der Waals surface area contributed by atoms with E-state index in [1.165, 1.54) is 39.7 Å². The molecule has 1 saturated carbocycles. The maximum atomic E-state index is 3.73. The third-order valence-electron chi connectivity index (χ3n) is 4.40. The summed E-state index contributed by atoms with van der Waals surface area (Å²) in [4.78, 5) is 2.44. The Labute approximate surface area is 134 Å². The Morgan fingerprint density at radius 2 is 1.76 bits per heavy atom. The lowest BCUT2D eigenvalue weighted by Crippen LogP contribution is -2.17. The van der Waals surface area contributed by atoms with Gasteiger partial charge in [0.15, 0.2) is 0 Å². The zero-order valence-electron chi connectivity index (χ0n) is 12.0. The largest absolute Gasteiger partial charge is 0.363 e. The molecule has 1 aliphatic heterocycles. The molecule has 0 aromatic heterocycles. The first-order chi connectivity index (χ1) is 10.3. The van der Waals surface area contributed by atoms with Crippen LogP contribution >= 0.6 is 15.9 Å². The Balaban J connectivity index is 1.50. The zero-order chi connectivity index (χ0) is 14.2. The smallest absolute Gasteiger partial charge is 0.0436 e. The summed E-state index contributed by atoms with van der Waals surface area (Å²) in [6, 6.07) is 16.2. The average molecular weight is 343 g/mol. The van der Waals surface area contributed by atoms with Crippen molar-refractivity contribution in [1.82, 2.24) is 5.32 Å². The van der Waals surface area contributed by atoms with Crippen molar-refractivity contribution in [1.29, 1.82) is 0 Å². The van der Waals surface area contributed by atoms with Gasteiger partial charge in [-0.3, -0.25) is 0 Å². The van der Waals surface area contributed by atoms with Crippen LogP contribution < -0.4 is 10.2 Å². The Morgan fingerprint density at radius 3 is 2.38 bits per heavy atom. The molecule has 1 N–H and O–H groups in total. The normalized spacial score (nSPS) is 17.1. The summed E-state index contributed by atoms with van der Waals surface area (Å²) in [6.07, 6.45) is 2.67. The molecule has 3 heteroatoms. The second-order valence-corrected chi connectivity index (χ2v) is 6.91. The first-order valence-corrected chi connectivity index (χ1v) is 8.42. The number of benzene rings is 2. The van der Waals surface area contributed by atoms with Crippen molar-refractivity contribution in [3.63, 3.8) is 0 Å². The molecule has 2 aromatic rings. The molecule has 108 valence electrons. The second kappa shape index (κ2) is 5.47. The van der Waals surface area contributed by atoms with Gasteiger partial charge in [-0.1, -0.05) is 46.3 Å². The molecule has 2 aromatic carbocycles. The quantitative estimate of drug-likeness (QED) is 0.894. The molecule has 0 unspecified atom stereocenters. The van der Waals surface area contributed by atoms with E-state index in [2.05, 4.69) is 68.6 Å². The van der Waals surface area contributed by atoms with Crippen molar-refractivity contribution < 1.29 is 0 Å². The lowest BCUT2D eigenvalue weighted by atomic mass is 10.1. The molecule has 0 atom stereocenters. The third-order valence-corrected chi connectivity index (χ3v) is 5.14. The van der Waals surface area contributed by atoms with Gasteiger partial charge in [0.05, 0.1) is 0 Å². The summed E-state index contributed by atoms with van der Waals surface area (Å²) in [6.45, 7) is 3.00. The Hall–Kier alpha value is -1.32. The molecule has 4 rings (SSSR count). The van der Waals surface area contributed by atoms with Gasteiger partial charge in [-0.15, -0.1) is 0 Å². The minimum atomic E-state index is 0.754. The molecule has 2 aliphatic rings. The lowest BCUT2D eigenvalue weighted by molar-refractivity contribution is 0.686. The topological polar surface area (TPSA) is 15.3 Å². The molecule has 2 nitrogen and oxygen atoms in total. The van der Waals surface area contributed by atoms with Crippen molar-refractivity contribution in [2.24, 2.45) is 0 Å². The van der Waals surface area contributed by atoms with Gasteiger partial charge in [-0.05, 0) is 41.7 Å². The number of fused-ring (bicyclic) bond motifs is 1. The highest BCUT2D eigenvalue weighted by molar-refractivity contribution is 9.10. The van der Waals surface area contributed by atoms with Gasteiger partial charge in [-0.25, -0.2) is 0 Å². The van der Waals surface area contributed by atoms with Gasteiger partial charge >= 0.3 is 0 Å². The maximum absolute atomic E-state index is 3.73. The van der Waals surface area contributed by atoms with Crippen molar-refractivity contribution >= 4 is 21.6 Å². The fourth-order valence-electron chi connectivity index (χ4n) is 2.93. The highest BCUT2D eigenvalue weighted by Crippen LogP contribution is 2.31. The molecule has 0 bridgehead atoms. The van der Waals surface area contributed by atoms with Crippen LogP contribution in [0.1, 0.15) is 29.5 Å². The average Bonchev–Trinajstić information content (AvgIpc) is 3.22. The number of hydrogen-bond acceptors (Lipinski definition) is 2. The number of halogens is 1. The van der Waals surface area contributed by atoms with E-state index in [0.717, 1.165) is 25.7 Å². The molecule has 21 heavy (non-hydrogen) atoms. The Morgan fingerprint density at radius 1 is 1.05 bits per heavy atom. The van der Waals surface area contributed by atoms with Crippen LogP contribution in [-0.4, -0.2) is 6.04 Å². The SMILES string of the molecule is Brc1cc(N2Cc3ccccc3C2)ccc1CNC1CC1. The van der Waals surface area contributed by atoms with Crippen molar-refractivity contribution in [3.05, 3.63) is 63.6 Å². The van der Waals surface area contributed by atoms with Crippen LogP contribution in [0.15, 0.2) is 46.9 Å². The van der Waals surface area contributed by atoms with E-state index in [9.17, 15) is 0 Å². The van der Waals surface area contributed by atoms with E-state index >= 15 is 0 Å². The van der Waals surface area contributed by atoms with Gasteiger partial charge in [0.2, 0.25) is 0 Å². The van der Waals surface area contributed by atoms with Crippen molar-refractivity contribution in [2.75, 3.05) is 4.90 Å². The predicted molar refractivity (Wildman–Crippen MR) is 90.3 cm³/mol. The summed E-state index contributed by atoms with van der Waals surface area (Å²) >= 11 is 3.73. The molecule has 1 aliphatic carbocycles. The molecule has 0 amide bonds. The van der Waals surface area contributed by atoms with Crippen LogP contribution in [0, 0.1) is 0 Å². The molecule has 1 fully saturated rings. The van der Waals surface area contributed by atoms with Gasteiger partial charge in [0, 0.05) is 35.8 Å². The van der Waals surface area contributed by atoms with Crippen molar-refractivity contribution in [3.8, 4) is 0 Å².